The number of nitrogens with two attached hydrogens (primary N) is 1. The molecule has 0 aromatic heterocycles. The number of ether oxygens (including phenoxy) is 1. The van der Waals surface area contributed by atoms with Gasteiger partial charge in [-0.25, -0.2) is 14.3 Å². The Labute approximate surface area is 88.7 Å². The van der Waals surface area contributed by atoms with Crippen molar-refractivity contribution in [2.45, 2.75) is 11.5 Å². The third-order valence-corrected chi connectivity index (χ3v) is 3.00. The molecule has 0 bridgehead atoms. The van der Waals surface area contributed by atoms with Crippen LogP contribution in [0.1, 0.15) is 5.56 Å². The van der Waals surface area contributed by atoms with Crippen molar-refractivity contribution in [3.8, 4) is 5.75 Å². The molecule has 84 valence electrons. The van der Waals surface area contributed by atoms with Crippen molar-refractivity contribution in [1.82, 2.24) is 0 Å². The molecule has 0 amide bonds. The summed E-state index contributed by atoms with van der Waals surface area (Å²) in [6.45, 7) is 0.159. The zero-order chi connectivity index (χ0) is 11.5. The number of benzene rings is 1. The summed E-state index contributed by atoms with van der Waals surface area (Å²) >= 11 is 0. The van der Waals surface area contributed by atoms with Crippen LogP contribution in [-0.4, -0.2) is 21.8 Å². The van der Waals surface area contributed by atoms with E-state index in [-0.39, 0.29) is 11.5 Å². The summed E-state index contributed by atoms with van der Waals surface area (Å²) in [6.07, 6.45) is 1.12. The van der Waals surface area contributed by atoms with Crippen molar-refractivity contribution >= 4 is 9.84 Å². The van der Waals surface area contributed by atoms with Crippen LogP contribution in [0.2, 0.25) is 0 Å². The van der Waals surface area contributed by atoms with Gasteiger partial charge in [0.1, 0.15) is 10.6 Å². The minimum atomic E-state index is -3.31. The zero-order valence-corrected chi connectivity index (χ0v) is 9.37. The first-order valence-electron chi connectivity index (χ1n) is 4.17. The molecule has 1 rings (SSSR count). The van der Waals surface area contributed by atoms with Gasteiger partial charge in [-0.05, 0) is 17.7 Å². The van der Waals surface area contributed by atoms with E-state index in [0.717, 1.165) is 6.26 Å². The van der Waals surface area contributed by atoms with Crippen LogP contribution < -0.4 is 10.6 Å². The highest BCUT2D eigenvalue weighted by molar-refractivity contribution is 7.90. The van der Waals surface area contributed by atoms with E-state index < -0.39 is 9.84 Å². The fraction of sp³-hybridized carbons (Fsp3) is 0.333. The normalized spacial score (nSPS) is 11.4. The molecular weight excluding hydrogens is 218 g/mol. The molecule has 0 aliphatic rings. The minimum absolute atomic E-state index is 0.138. The molecule has 0 saturated heterocycles. The molecule has 0 atom stereocenters. The van der Waals surface area contributed by atoms with Crippen LogP contribution in [0.5, 0.6) is 5.75 Å². The van der Waals surface area contributed by atoms with Crippen molar-refractivity contribution in [2.75, 3.05) is 13.4 Å². The molecule has 0 saturated carbocycles. The van der Waals surface area contributed by atoms with Gasteiger partial charge in [0.2, 0.25) is 0 Å². The summed E-state index contributed by atoms with van der Waals surface area (Å²) in [5.41, 5.74) is 0.679. The molecule has 0 spiro atoms. The number of sulfone groups is 1. The van der Waals surface area contributed by atoms with E-state index in [4.69, 9.17) is 10.6 Å². The highest BCUT2D eigenvalue weighted by atomic mass is 32.2. The molecule has 0 fully saturated rings. The molecule has 1 aromatic rings. The maximum atomic E-state index is 11.4. The first kappa shape index (κ1) is 12.0. The second-order valence-corrected chi connectivity index (χ2v) is 5.05. The van der Waals surface area contributed by atoms with E-state index in [9.17, 15) is 8.42 Å². The SMILES string of the molecule is COc1ccc(CON)cc1S(C)(=O)=O. The smallest absolute Gasteiger partial charge is 0.179 e. The lowest BCUT2D eigenvalue weighted by molar-refractivity contribution is 0.124. The van der Waals surface area contributed by atoms with Crippen molar-refractivity contribution in [2.24, 2.45) is 5.90 Å². The molecule has 0 heterocycles. The van der Waals surface area contributed by atoms with Crippen LogP contribution >= 0.6 is 0 Å². The summed E-state index contributed by atoms with van der Waals surface area (Å²) in [5, 5.41) is 0. The first-order valence-corrected chi connectivity index (χ1v) is 6.07. The minimum Gasteiger partial charge on any atom is -0.495 e. The quantitative estimate of drug-likeness (QED) is 0.763. The summed E-state index contributed by atoms with van der Waals surface area (Å²) < 4.78 is 27.8. The van der Waals surface area contributed by atoms with Crippen molar-refractivity contribution < 1.29 is 18.0 Å². The van der Waals surface area contributed by atoms with Gasteiger partial charge >= 0.3 is 0 Å². The Kier molecular flexibility index (Phi) is 3.67. The predicted octanol–water partition coefficient (Wildman–Crippen LogP) is 0.489. The summed E-state index contributed by atoms with van der Waals surface area (Å²) in [5.74, 6) is 5.23. The van der Waals surface area contributed by atoms with Gasteiger partial charge in [-0.15, -0.1) is 0 Å². The van der Waals surface area contributed by atoms with E-state index in [1.807, 2.05) is 0 Å². The van der Waals surface area contributed by atoms with Gasteiger partial charge < -0.3 is 4.74 Å². The number of rotatable bonds is 4. The topological polar surface area (TPSA) is 78.6 Å². The molecule has 5 nitrogen and oxygen atoms in total. The highest BCUT2D eigenvalue weighted by Gasteiger charge is 2.14. The molecule has 0 radical (unpaired) electrons. The van der Waals surface area contributed by atoms with Crippen molar-refractivity contribution in [1.29, 1.82) is 0 Å². The van der Waals surface area contributed by atoms with Gasteiger partial charge in [-0.2, -0.15) is 0 Å². The second kappa shape index (κ2) is 4.61. The average molecular weight is 231 g/mol. The maximum Gasteiger partial charge on any atom is 0.179 e. The van der Waals surface area contributed by atoms with E-state index >= 15 is 0 Å². The Balaban J connectivity index is 3.26. The van der Waals surface area contributed by atoms with Crippen molar-refractivity contribution in [3.63, 3.8) is 0 Å². The predicted molar refractivity (Wildman–Crippen MR) is 55.1 cm³/mol. The van der Waals surface area contributed by atoms with Crippen LogP contribution in [0.15, 0.2) is 23.1 Å². The fourth-order valence-electron chi connectivity index (χ4n) is 1.20. The molecule has 0 unspecified atom stereocenters. The van der Waals surface area contributed by atoms with Crippen LogP contribution in [0.25, 0.3) is 0 Å². The third kappa shape index (κ3) is 2.92. The lowest BCUT2D eigenvalue weighted by Gasteiger charge is -2.08. The molecular formula is C9H13NO4S. The fourth-order valence-corrected chi connectivity index (χ4v) is 2.08. The summed E-state index contributed by atoms with van der Waals surface area (Å²) in [7, 11) is -1.89. The lowest BCUT2D eigenvalue weighted by atomic mass is 10.2. The maximum absolute atomic E-state index is 11.4. The molecule has 15 heavy (non-hydrogen) atoms. The Morgan fingerprint density at radius 3 is 2.53 bits per heavy atom. The zero-order valence-electron chi connectivity index (χ0n) is 8.56. The van der Waals surface area contributed by atoms with Crippen molar-refractivity contribution in [3.05, 3.63) is 23.8 Å². The second-order valence-electron chi connectivity index (χ2n) is 3.07. The average Bonchev–Trinajstić information content (AvgIpc) is 2.17. The lowest BCUT2D eigenvalue weighted by Crippen LogP contribution is -2.04. The van der Waals surface area contributed by atoms with Gasteiger partial charge in [-0.1, -0.05) is 6.07 Å². The van der Waals surface area contributed by atoms with Gasteiger partial charge in [-0.3, -0.25) is 4.84 Å². The van der Waals surface area contributed by atoms with Crippen LogP contribution in [0, 0.1) is 0 Å². The van der Waals surface area contributed by atoms with E-state index in [1.165, 1.54) is 13.2 Å². The Morgan fingerprint density at radius 2 is 2.07 bits per heavy atom. The largest absolute Gasteiger partial charge is 0.495 e. The number of hydrogen-bond donors (Lipinski definition) is 1. The van der Waals surface area contributed by atoms with Crippen LogP contribution in [-0.2, 0) is 21.3 Å². The van der Waals surface area contributed by atoms with Crippen LogP contribution in [0.4, 0.5) is 0 Å². The van der Waals surface area contributed by atoms with E-state index in [0.29, 0.717) is 11.3 Å². The highest BCUT2D eigenvalue weighted by Crippen LogP contribution is 2.24. The Morgan fingerprint density at radius 1 is 1.40 bits per heavy atom. The molecule has 2 N–H and O–H groups in total. The molecule has 0 aliphatic carbocycles. The molecule has 6 heteroatoms. The van der Waals surface area contributed by atoms with E-state index in [2.05, 4.69) is 4.84 Å². The Bertz CT molecular complexity index is 441. The van der Waals surface area contributed by atoms with E-state index in [1.54, 1.807) is 12.1 Å². The van der Waals surface area contributed by atoms with Gasteiger partial charge in [0.15, 0.2) is 9.84 Å². The monoisotopic (exact) mass is 231 g/mol. The number of hydrogen-bond acceptors (Lipinski definition) is 5. The molecule has 1 aromatic carbocycles. The first-order chi connectivity index (χ1) is 6.99. The Hall–Kier alpha value is -1.11. The third-order valence-electron chi connectivity index (χ3n) is 1.88. The number of methoxy groups -OCH3 is 1. The summed E-state index contributed by atoms with van der Waals surface area (Å²) in [4.78, 5) is 4.57. The summed E-state index contributed by atoms with van der Waals surface area (Å²) in [6, 6.07) is 4.76. The van der Waals surface area contributed by atoms with Gasteiger partial charge in [0.05, 0.1) is 13.7 Å². The van der Waals surface area contributed by atoms with Crippen LogP contribution in [0.3, 0.4) is 0 Å². The standard InChI is InChI=1S/C9H13NO4S/c1-13-8-4-3-7(6-14-10)5-9(8)15(2,11)12/h3-5H,6,10H2,1-2H3. The molecule has 0 aliphatic heterocycles. The van der Waals surface area contributed by atoms with Gasteiger partial charge in [0, 0.05) is 6.26 Å². The van der Waals surface area contributed by atoms with Gasteiger partial charge in [0.25, 0.3) is 0 Å².